The summed E-state index contributed by atoms with van der Waals surface area (Å²) in [5.74, 6) is -2.44. The van der Waals surface area contributed by atoms with Crippen LogP contribution < -0.4 is 0 Å². The quantitative estimate of drug-likeness (QED) is 0.774. The lowest BCUT2D eigenvalue weighted by atomic mass is 9.89. The van der Waals surface area contributed by atoms with Crippen LogP contribution in [-0.4, -0.2) is 18.5 Å². The molecule has 0 bridgehead atoms. The van der Waals surface area contributed by atoms with Gasteiger partial charge in [-0.3, -0.25) is 4.79 Å². The van der Waals surface area contributed by atoms with Gasteiger partial charge in [-0.25, -0.2) is 8.78 Å². The van der Waals surface area contributed by atoms with E-state index in [0.29, 0.717) is 19.4 Å². The zero-order chi connectivity index (χ0) is 13.3. The third-order valence-corrected chi connectivity index (χ3v) is 3.48. The van der Waals surface area contributed by atoms with Crippen molar-refractivity contribution in [1.82, 2.24) is 0 Å². The molecule has 1 aromatic rings. The van der Waals surface area contributed by atoms with Gasteiger partial charge in [0.15, 0.2) is 5.78 Å². The second kappa shape index (κ2) is 5.14. The molecule has 1 heterocycles. The number of aryl methyl sites for hydroxylation is 1. The van der Waals surface area contributed by atoms with Gasteiger partial charge in [-0.2, -0.15) is 0 Å². The van der Waals surface area contributed by atoms with Gasteiger partial charge in [0.05, 0.1) is 17.6 Å². The van der Waals surface area contributed by atoms with Crippen molar-refractivity contribution >= 4 is 5.78 Å². The van der Waals surface area contributed by atoms with Crippen LogP contribution in [0.3, 0.4) is 0 Å². The maximum Gasteiger partial charge on any atom is 0.174 e. The van der Waals surface area contributed by atoms with Crippen LogP contribution in [0.5, 0.6) is 0 Å². The summed E-state index contributed by atoms with van der Waals surface area (Å²) in [6, 6.07) is 2.48. The van der Waals surface area contributed by atoms with E-state index >= 15 is 0 Å². The molecule has 0 N–H and O–H groups in total. The number of carbonyl (C=O) groups excluding carboxylic acids is 1. The van der Waals surface area contributed by atoms with E-state index in [1.807, 2.05) is 6.92 Å². The first-order chi connectivity index (χ1) is 8.56. The molecular weight excluding hydrogens is 238 g/mol. The number of carbonyl (C=O) groups is 1. The van der Waals surface area contributed by atoms with Crippen LogP contribution in [0.25, 0.3) is 0 Å². The summed E-state index contributed by atoms with van der Waals surface area (Å²) in [5.41, 5.74) is -0.129. The number of ether oxygens (including phenoxy) is 1. The van der Waals surface area contributed by atoms with Crippen LogP contribution in [0.2, 0.25) is 0 Å². The molecule has 4 heteroatoms. The Morgan fingerprint density at radius 3 is 2.83 bits per heavy atom. The Morgan fingerprint density at radius 2 is 2.17 bits per heavy atom. The fourth-order valence-electron chi connectivity index (χ4n) is 2.42. The number of rotatable bonds is 3. The lowest BCUT2D eigenvalue weighted by Gasteiger charge is -2.16. The molecule has 1 aliphatic heterocycles. The lowest BCUT2D eigenvalue weighted by molar-refractivity contribution is 0.0683. The maximum atomic E-state index is 13.9. The van der Waals surface area contributed by atoms with Crippen molar-refractivity contribution in [1.29, 1.82) is 0 Å². The summed E-state index contributed by atoms with van der Waals surface area (Å²) in [4.78, 5) is 12.3. The molecular formula is C14H16F2O2. The first kappa shape index (κ1) is 13.1. The number of benzene rings is 1. The van der Waals surface area contributed by atoms with Crippen molar-refractivity contribution < 1.29 is 18.3 Å². The highest BCUT2D eigenvalue weighted by Crippen LogP contribution is 2.29. The van der Waals surface area contributed by atoms with Gasteiger partial charge in [-0.1, -0.05) is 13.0 Å². The molecule has 0 aliphatic carbocycles. The fraction of sp³-hybridized carbons (Fsp3) is 0.500. The summed E-state index contributed by atoms with van der Waals surface area (Å²) in [6.45, 7) is 3.90. The second-order valence-electron chi connectivity index (χ2n) is 4.63. The molecule has 0 saturated carbocycles. The van der Waals surface area contributed by atoms with Gasteiger partial charge in [0.2, 0.25) is 0 Å². The van der Waals surface area contributed by atoms with Gasteiger partial charge in [0.1, 0.15) is 11.6 Å². The number of hydrogen-bond donors (Lipinski definition) is 0. The van der Waals surface area contributed by atoms with Crippen LogP contribution in [0, 0.1) is 24.5 Å². The molecule has 2 unspecified atom stereocenters. The third kappa shape index (κ3) is 2.17. The fourth-order valence-corrected chi connectivity index (χ4v) is 2.42. The molecule has 1 saturated heterocycles. The number of hydrogen-bond acceptors (Lipinski definition) is 2. The molecule has 2 rings (SSSR count). The maximum absolute atomic E-state index is 13.9. The van der Waals surface area contributed by atoms with E-state index in [2.05, 4.69) is 0 Å². The zero-order valence-electron chi connectivity index (χ0n) is 10.5. The first-order valence-electron chi connectivity index (χ1n) is 6.16. The highest BCUT2D eigenvalue weighted by molar-refractivity contribution is 5.99. The minimum atomic E-state index is -0.787. The van der Waals surface area contributed by atoms with E-state index in [-0.39, 0.29) is 11.7 Å². The van der Waals surface area contributed by atoms with E-state index in [0.717, 1.165) is 6.07 Å². The molecule has 0 amide bonds. The summed E-state index contributed by atoms with van der Waals surface area (Å²) < 4.78 is 33.0. The molecule has 1 aliphatic rings. The Morgan fingerprint density at radius 1 is 1.44 bits per heavy atom. The van der Waals surface area contributed by atoms with E-state index in [9.17, 15) is 13.6 Å². The Kier molecular flexibility index (Phi) is 3.76. The van der Waals surface area contributed by atoms with E-state index in [4.69, 9.17) is 4.74 Å². The van der Waals surface area contributed by atoms with Crippen molar-refractivity contribution in [2.45, 2.75) is 32.8 Å². The summed E-state index contributed by atoms with van der Waals surface area (Å²) in [7, 11) is 0. The predicted octanol–water partition coefficient (Wildman–Crippen LogP) is 3.27. The van der Waals surface area contributed by atoms with Crippen LogP contribution in [0.4, 0.5) is 8.78 Å². The Balaban J connectivity index is 2.37. The minimum absolute atomic E-state index is 0.225. The van der Waals surface area contributed by atoms with E-state index < -0.39 is 28.9 Å². The van der Waals surface area contributed by atoms with Crippen molar-refractivity contribution in [3.63, 3.8) is 0 Å². The summed E-state index contributed by atoms with van der Waals surface area (Å²) in [5, 5.41) is 0. The highest BCUT2D eigenvalue weighted by Gasteiger charge is 2.36. The molecule has 2 atom stereocenters. The van der Waals surface area contributed by atoms with Crippen molar-refractivity contribution in [3.8, 4) is 0 Å². The molecule has 0 radical (unpaired) electrons. The normalized spacial score (nSPS) is 23.3. The Hall–Kier alpha value is -1.29. The molecule has 2 nitrogen and oxygen atoms in total. The van der Waals surface area contributed by atoms with Gasteiger partial charge < -0.3 is 4.74 Å². The van der Waals surface area contributed by atoms with Crippen LogP contribution in [0.15, 0.2) is 12.1 Å². The molecule has 18 heavy (non-hydrogen) atoms. The van der Waals surface area contributed by atoms with Gasteiger partial charge in [-0.15, -0.1) is 0 Å². The second-order valence-corrected chi connectivity index (χ2v) is 4.63. The van der Waals surface area contributed by atoms with E-state index in [1.165, 1.54) is 13.0 Å². The Bertz CT molecular complexity index is 471. The van der Waals surface area contributed by atoms with Crippen molar-refractivity contribution in [2.75, 3.05) is 6.61 Å². The first-order valence-corrected chi connectivity index (χ1v) is 6.16. The molecule has 1 aromatic carbocycles. The average Bonchev–Trinajstić information content (AvgIpc) is 2.82. The van der Waals surface area contributed by atoms with Crippen molar-refractivity contribution in [3.05, 3.63) is 34.9 Å². The number of halogens is 2. The smallest absolute Gasteiger partial charge is 0.174 e. The Labute approximate surface area is 105 Å². The van der Waals surface area contributed by atoms with Crippen LogP contribution in [0.1, 0.15) is 35.7 Å². The standard InChI is InChI=1S/C14H16F2O2/c1-3-11-9(6-7-18-11)14(17)12-10(15)5-4-8(2)13(12)16/h4-5,9,11H,3,6-7H2,1-2H3. The van der Waals surface area contributed by atoms with Crippen LogP contribution >= 0.6 is 0 Å². The molecule has 1 fully saturated rings. The minimum Gasteiger partial charge on any atom is -0.377 e. The van der Waals surface area contributed by atoms with E-state index in [1.54, 1.807) is 0 Å². The number of ketones is 1. The average molecular weight is 254 g/mol. The topological polar surface area (TPSA) is 26.3 Å². The molecule has 0 aromatic heterocycles. The third-order valence-electron chi connectivity index (χ3n) is 3.48. The monoisotopic (exact) mass is 254 g/mol. The largest absolute Gasteiger partial charge is 0.377 e. The number of Topliss-reactive ketones (excluding diaryl/α,β-unsaturated/α-hetero) is 1. The predicted molar refractivity (Wildman–Crippen MR) is 63.6 cm³/mol. The van der Waals surface area contributed by atoms with Crippen molar-refractivity contribution in [2.24, 2.45) is 5.92 Å². The summed E-state index contributed by atoms with van der Waals surface area (Å²) in [6.07, 6.45) is 0.979. The van der Waals surface area contributed by atoms with Crippen LogP contribution in [-0.2, 0) is 4.74 Å². The van der Waals surface area contributed by atoms with Gasteiger partial charge >= 0.3 is 0 Å². The molecule has 98 valence electrons. The van der Waals surface area contributed by atoms with Gasteiger partial charge in [0.25, 0.3) is 0 Å². The molecule has 0 spiro atoms. The lowest BCUT2D eigenvalue weighted by Crippen LogP contribution is -2.25. The zero-order valence-corrected chi connectivity index (χ0v) is 10.5. The summed E-state index contributed by atoms with van der Waals surface area (Å²) >= 11 is 0. The SMILES string of the molecule is CCC1OCCC1C(=O)c1c(F)ccc(C)c1F. The van der Waals surface area contributed by atoms with Gasteiger partial charge in [-0.05, 0) is 31.4 Å². The van der Waals surface area contributed by atoms with Gasteiger partial charge in [0, 0.05) is 6.61 Å². The highest BCUT2D eigenvalue weighted by atomic mass is 19.1.